The summed E-state index contributed by atoms with van der Waals surface area (Å²) < 4.78 is 0. The highest BCUT2D eigenvalue weighted by atomic mass is 35.5. The Morgan fingerprint density at radius 1 is 1.53 bits per heavy atom. The average Bonchev–Trinajstić information content (AvgIpc) is 3.13. The molecule has 1 fully saturated rings. The van der Waals surface area contributed by atoms with Crippen molar-refractivity contribution < 1.29 is 4.79 Å². The summed E-state index contributed by atoms with van der Waals surface area (Å²) in [5.74, 6) is 0.0623. The van der Waals surface area contributed by atoms with Crippen molar-refractivity contribution in [3.8, 4) is 0 Å². The third-order valence-electron chi connectivity index (χ3n) is 3.02. The summed E-state index contributed by atoms with van der Waals surface area (Å²) in [5.41, 5.74) is 8.00. The predicted molar refractivity (Wildman–Crippen MR) is 72.2 cm³/mol. The van der Waals surface area contributed by atoms with E-state index >= 15 is 0 Å². The standard InChI is InChI=1S/C12H12ClN5O/c13-8-5-7(3-4-15-8)16-12(19)11-9(14)10(17-18-11)6-1-2-6/h3-6H,1-2,14H2,(H,17,18)(H,15,16,19). The molecular formula is C12H12ClN5O. The van der Waals surface area contributed by atoms with Crippen LogP contribution in [0.4, 0.5) is 11.4 Å². The molecule has 0 aliphatic heterocycles. The fraction of sp³-hybridized carbons (Fsp3) is 0.250. The van der Waals surface area contributed by atoms with Crippen LogP contribution >= 0.6 is 11.6 Å². The normalized spacial score (nSPS) is 14.4. The second-order valence-corrected chi connectivity index (χ2v) is 4.88. The molecule has 4 N–H and O–H groups in total. The largest absolute Gasteiger partial charge is 0.395 e. The first-order valence-electron chi connectivity index (χ1n) is 5.92. The van der Waals surface area contributed by atoms with Crippen LogP contribution in [-0.2, 0) is 0 Å². The summed E-state index contributed by atoms with van der Waals surface area (Å²) in [6.45, 7) is 0. The van der Waals surface area contributed by atoms with Gasteiger partial charge in [-0.15, -0.1) is 0 Å². The van der Waals surface area contributed by atoms with E-state index in [1.165, 1.54) is 6.20 Å². The van der Waals surface area contributed by atoms with Crippen molar-refractivity contribution in [3.05, 3.63) is 34.9 Å². The minimum absolute atomic E-state index is 0.217. The SMILES string of the molecule is Nc1c(C(=O)Nc2ccnc(Cl)c2)n[nH]c1C1CC1. The molecule has 0 unspecified atom stereocenters. The molecule has 6 nitrogen and oxygen atoms in total. The molecule has 2 aromatic rings. The summed E-state index contributed by atoms with van der Waals surface area (Å²) in [6.07, 6.45) is 3.70. The van der Waals surface area contributed by atoms with E-state index in [2.05, 4.69) is 20.5 Å². The molecule has 1 aliphatic carbocycles. The number of nitrogens with zero attached hydrogens (tertiary/aromatic N) is 2. The molecule has 98 valence electrons. The lowest BCUT2D eigenvalue weighted by molar-refractivity contribution is 0.102. The number of aromatic amines is 1. The van der Waals surface area contributed by atoms with Crippen LogP contribution in [0.2, 0.25) is 5.15 Å². The maximum Gasteiger partial charge on any atom is 0.278 e. The van der Waals surface area contributed by atoms with Crippen LogP contribution in [-0.4, -0.2) is 21.1 Å². The van der Waals surface area contributed by atoms with Gasteiger partial charge in [-0.05, 0) is 25.0 Å². The van der Waals surface area contributed by atoms with Gasteiger partial charge in [0, 0.05) is 17.8 Å². The molecule has 3 rings (SSSR count). The summed E-state index contributed by atoms with van der Waals surface area (Å²) in [6, 6.07) is 3.21. The van der Waals surface area contributed by atoms with Crippen LogP contribution in [0.5, 0.6) is 0 Å². The first-order valence-corrected chi connectivity index (χ1v) is 6.29. The van der Waals surface area contributed by atoms with Gasteiger partial charge in [-0.3, -0.25) is 9.89 Å². The predicted octanol–water partition coefficient (Wildman–Crippen LogP) is 2.17. The number of aromatic nitrogens is 3. The molecule has 0 saturated heterocycles. The number of nitrogens with one attached hydrogen (secondary N) is 2. The number of H-pyrrole nitrogens is 1. The molecule has 1 aliphatic rings. The van der Waals surface area contributed by atoms with E-state index in [0.717, 1.165) is 18.5 Å². The zero-order chi connectivity index (χ0) is 13.4. The maximum atomic E-state index is 12.1. The monoisotopic (exact) mass is 277 g/mol. The van der Waals surface area contributed by atoms with Gasteiger partial charge >= 0.3 is 0 Å². The Labute approximate surface area is 114 Å². The number of rotatable bonds is 3. The summed E-state index contributed by atoms with van der Waals surface area (Å²) >= 11 is 5.75. The molecule has 1 saturated carbocycles. The van der Waals surface area contributed by atoms with Crippen molar-refractivity contribution in [2.45, 2.75) is 18.8 Å². The molecule has 2 aromatic heterocycles. The number of nitrogen functional groups attached to an aromatic ring is 1. The lowest BCUT2D eigenvalue weighted by Gasteiger charge is -2.03. The van der Waals surface area contributed by atoms with Gasteiger partial charge in [-0.25, -0.2) is 4.98 Å². The molecule has 0 bridgehead atoms. The maximum absolute atomic E-state index is 12.1. The van der Waals surface area contributed by atoms with Gasteiger partial charge in [0.05, 0.1) is 11.4 Å². The summed E-state index contributed by atoms with van der Waals surface area (Å²) in [4.78, 5) is 15.9. The topological polar surface area (TPSA) is 96.7 Å². The molecular weight excluding hydrogens is 266 g/mol. The fourth-order valence-corrected chi connectivity index (χ4v) is 2.06. The van der Waals surface area contributed by atoms with Gasteiger partial charge in [0.15, 0.2) is 5.69 Å². The number of carbonyl (C=O) groups excluding carboxylic acids is 1. The molecule has 0 aromatic carbocycles. The Hall–Kier alpha value is -2.08. The van der Waals surface area contributed by atoms with Gasteiger partial charge in [0.25, 0.3) is 5.91 Å². The first kappa shape index (κ1) is 12.0. The quantitative estimate of drug-likeness (QED) is 0.749. The number of amides is 1. The molecule has 19 heavy (non-hydrogen) atoms. The second kappa shape index (κ2) is 4.55. The molecule has 7 heteroatoms. The lowest BCUT2D eigenvalue weighted by Crippen LogP contribution is -2.14. The molecule has 1 amide bonds. The Morgan fingerprint density at radius 3 is 3.00 bits per heavy atom. The van der Waals surface area contributed by atoms with Gasteiger partial charge in [0.1, 0.15) is 5.15 Å². The van der Waals surface area contributed by atoms with E-state index < -0.39 is 0 Å². The van der Waals surface area contributed by atoms with Crippen molar-refractivity contribution in [3.63, 3.8) is 0 Å². The van der Waals surface area contributed by atoms with Crippen molar-refractivity contribution in [1.82, 2.24) is 15.2 Å². The van der Waals surface area contributed by atoms with Crippen molar-refractivity contribution in [2.24, 2.45) is 0 Å². The van der Waals surface area contributed by atoms with E-state index in [1.54, 1.807) is 12.1 Å². The first-order chi connectivity index (χ1) is 9.15. The molecule has 0 spiro atoms. The third-order valence-corrected chi connectivity index (χ3v) is 3.23. The smallest absolute Gasteiger partial charge is 0.278 e. The minimum atomic E-state index is -0.358. The number of nitrogens with two attached hydrogens (primary N) is 1. The molecule has 2 heterocycles. The Kier molecular flexibility index (Phi) is 2.87. The molecule has 0 radical (unpaired) electrons. The van der Waals surface area contributed by atoms with Crippen molar-refractivity contribution in [2.75, 3.05) is 11.1 Å². The van der Waals surface area contributed by atoms with Crippen molar-refractivity contribution in [1.29, 1.82) is 0 Å². The number of hydrogen-bond donors (Lipinski definition) is 3. The van der Waals surface area contributed by atoms with Crippen LogP contribution < -0.4 is 11.1 Å². The molecule has 0 atom stereocenters. The number of carbonyl (C=O) groups is 1. The van der Waals surface area contributed by atoms with Gasteiger partial charge in [-0.1, -0.05) is 11.6 Å². The zero-order valence-electron chi connectivity index (χ0n) is 9.98. The van der Waals surface area contributed by atoms with E-state index in [4.69, 9.17) is 17.3 Å². The Morgan fingerprint density at radius 2 is 2.32 bits per heavy atom. The van der Waals surface area contributed by atoms with Crippen LogP contribution in [0.25, 0.3) is 0 Å². The lowest BCUT2D eigenvalue weighted by atomic mass is 10.2. The third kappa shape index (κ3) is 2.39. The van der Waals surface area contributed by atoms with E-state index in [9.17, 15) is 4.79 Å². The Balaban J connectivity index is 1.80. The van der Waals surface area contributed by atoms with Gasteiger partial charge < -0.3 is 11.1 Å². The fourth-order valence-electron chi connectivity index (χ4n) is 1.89. The van der Waals surface area contributed by atoms with E-state index in [-0.39, 0.29) is 11.6 Å². The van der Waals surface area contributed by atoms with Crippen molar-refractivity contribution >= 4 is 28.9 Å². The van der Waals surface area contributed by atoms with Crippen LogP contribution in [0, 0.1) is 0 Å². The van der Waals surface area contributed by atoms with Crippen LogP contribution in [0.15, 0.2) is 18.3 Å². The van der Waals surface area contributed by atoms with E-state index in [0.29, 0.717) is 22.4 Å². The number of pyridine rings is 1. The van der Waals surface area contributed by atoms with Gasteiger partial charge in [0.2, 0.25) is 0 Å². The highest BCUT2D eigenvalue weighted by Crippen LogP contribution is 2.42. The highest BCUT2D eigenvalue weighted by Gasteiger charge is 2.30. The van der Waals surface area contributed by atoms with Crippen LogP contribution in [0.1, 0.15) is 34.9 Å². The highest BCUT2D eigenvalue weighted by molar-refractivity contribution is 6.29. The second-order valence-electron chi connectivity index (χ2n) is 4.50. The number of hydrogen-bond acceptors (Lipinski definition) is 4. The summed E-state index contributed by atoms with van der Waals surface area (Å²) in [5, 5.41) is 9.82. The minimum Gasteiger partial charge on any atom is -0.395 e. The van der Waals surface area contributed by atoms with E-state index in [1.807, 2.05) is 0 Å². The number of halogens is 1. The van der Waals surface area contributed by atoms with Gasteiger partial charge in [-0.2, -0.15) is 5.10 Å². The number of anilines is 2. The van der Waals surface area contributed by atoms with Crippen LogP contribution in [0.3, 0.4) is 0 Å². The summed E-state index contributed by atoms with van der Waals surface area (Å²) in [7, 11) is 0. The Bertz CT molecular complexity index is 635. The zero-order valence-corrected chi connectivity index (χ0v) is 10.7. The average molecular weight is 278 g/mol.